The smallest absolute Gasteiger partial charge is 0.311 e. The summed E-state index contributed by atoms with van der Waals surface area (Å²) < 4.78 is 0. The van der Waals surface area contributed by atoms with E-state index in [0.29, 0.717) is 12.0 Å². The van der Waals surface area contributed by atoms with E-state index in [4.69, 9.17) is 0 Å². The maximum absolute atomic E-state index is 11.5. The highest BCUT2D eigenvalue weighted by atomic mass is 16.4. The van der Waals surface area contributed by atoms with Crippen LogP contribution < -0.4 is 0 Å². The molecule has 0 spiro atoms. The van der Waals surface area contributed by atoms with Gasteiger partial charge >= 0.3 is 5.97 Å². The Hall–Kier alpha value is -1.71. The Balaban J connectivity index is 2.21. The molecule has 0 aliphatic heterocycles. The van der Waals surface area contributed by atoms with Gasteiger partial charge in [-0.3, -0.25) is 4.79 Å². The second-order valence-corrected chi connectivity index (χ2v) is 7.43. The van der Waals surface area contributed by atoms with Crippen LogP contribution in [0.2, 0.25) is 0 Å². The fraction of sp³-hybridized carbons (Fsp3) is 0.667. The summed E-state index contributed by atoms with van der Waals surface area (Å²) in [6.45, 7) is 4.53. The highest BCUT2D eigenvalue weighted by molar-refractivity contribution is 5.77. The monoisotopic (exact) mass is 350 g/mol. The number of hydrogen-bond donors (Lipinski definition) is 3. The number of unbranched alkanes of at least 4 members (excludes halogenated alkanes) is 7. The molecule has 4 nitrogen and oxygen atoms in total. The molecule has 25 heavy (non-hydrogen) atoms. The molecule has 0 saturated carbocycles. The number of carboxylic acids is 1. The predicted molar refractivity (Wildman–Crippen MR) is 101 cm³/mol. The number of rotatable bonds is 13. The SMILES string of the molecule is CC(C)CCCCCCCCCCC(C(=O)O)c1ccc(O)cc1O. The van der Waals surface area contributed by atoms with E-state index in [2.05, 4.69) is 13.8 Å². The Morgan fingerprint density at radius 1 is 0.880 bits per heavy atom. The van der Waals surface area contributed by atoms with Gasteiger partial charge in [0.1, 0.15) is 11.5 Å². The molecule has 0 aliphatic carbocycles. The summed E-state index contributed by atoms with van der Waals surface area (Å²) in [4.78, 5) is 11.5. The third-order valence-electron chi connectivity index (χ3n) is 4.71. The molecular weight excluding hydrogens is 316 g/mol. The van der Waals surface area contributed by atoms with Crippen molar-refractivity contribution in [3.05, 3.63) is 23.8 Å². The van der Waals surface area contributed by atoms with Crippen LogP contribution in [0.15, 0.2) is 18.2 Å². The maximum atomic E-state index is 11.5. The summed E-state index contributed by atoms with van der Waals surface area (Å²) in [5.41, 5.74) is 0.385. The van der Waals surface area contributed by atoms with Gasteiger partial charge < -0.3 is 15.3 Å². The van der Waals surface area contributed by atoms with Gasteiger partial charge in [0.25, 0.3) is 0 Å². The van der Waals surface area contributed by atoms with Crippen LogP contribution in [0.5, 0.6) is 11.5 Å². The molecule has 1 aromatic rings. The Kier molecular flexibility index (Phi) is 10.0. The summed E-state index contributed by atoms with van der Waals surface area (Å²) in [6.07, 6.45) is 11.3. The number of phenolic OH excluding ortho intramolecular Hbond substituents is 2. The van der Waals surface area contributed by atoms with Gasteiger partial charge in [-0.15, -0.1) is 0 Å². The number of carboxylic acid groups (broad SMARTS) is 1. The highest BCUT2D eigenvalue weighted by Crippen LogP contribution is 2.32. The summed E-state index contributed by atoms with van der Waals surface area (Å²) in [7, 11) is 0. The van der Waals surface area contributed by atoms with E-state index in [1.807, 2.05) is 0 Å². The van der Waals surface area contributed by atoms with E-state index in [-0.39, 0.29) is 11.5 Å². The van der Waals surface area contributed by atoms with Crippen molar-refractivity contribution in [2.75, 3.05) is 0 Å². The van der Waals surface area contributed by atoms with Crippen molar-refractivity contribution >= 4 is 5.97 Å². The minimum absolute atomic E-state index is 0.0567. The Morgan fingerprint density at radius 3 is 1.88 bits per heavy atom. The third-order valence-corrected chi connectivity index (χ3v) is 4.71. The number of carbonyl (C=O) groups is 1. The molecule has 142 valence electrons. The number of aromatic hydroxyl groups is 2. The van der Waals surface area contributed by atoms with Gasteiger partial charge in [0, 0.05) is 11.6 Å². The molecule has 0 aliphatic rings. The highest BCUT2D eigenvalue weighted by Gasteiger charge is 2.22. The minimum atomic E-state index is -0.925. The molecule has 1 unspecified atom stereocenters. The van der Waals surface area contributed by atoms with Crippen molar-refractivity contribution < 1.29 is 20.1 Å². The first-order chi connectivity index (χ1) is 11.9. The van der Waals surface area contributed by atoms with Crippen LogP contribution in [0.3, 0.4) is 0 Å². The molecule has 1 atom stereocenters. The molecular formula is C21H34O4. The van der Waals surface area contributed by atoms with Gasteiger partial charge in [0.2, 0.25) is 0 Å². The minimum Gasteiger partial charge on any atom is -0.508 e. The van der Waals surface area contributed by atoms with Crippen LogP contribution in [-0.4, -0.2) is 21.3 Å². The Morgan fingerprint density at radius 2 is 1.40 bits per heavy atom. The average Bonchev–Trinajstić information content (AvgIpc) is 2.53. The molecule has 1 aromatic carbocycles. The second-order valence-electron chi connectivity index (χ2n) is 7.43. The number of hydrogen-bond acceptors (Lipinski definition) is 3. The first-order valence-corrected chi connectivity index (χ1v) is 9.66. The van der Waals surface area contributed by atoms with Crippen LogP contribution in [0.25, 0.3) is 0 Å². The zero-order valence-electron chi connectivity index (χ0n) is 15.7. The fourth-order valence-electron chi connectivity index (χ4n) is 3.20. The van der Waals surface area contributed by atoms with Crippen LogP contribution in [0.1, 0.15) is 89.5 Å². The summed E-state index contributed by atoms with van der Waals surface area (Å²) in [5, 5.41) is 28.6. The fourth-order valence-corrected chi connectivity index (χ4v) is 3.20. The summed E-state index contributed by atoms with van der Waals surface area (Å²) in [5.74, 6) is -1.04. The number of phenols is 2. The molecule has 0 bridgehead atoms. The zero-order valence-corrected chi connectivity index (χ0v) is 15.7. The Labute approximate surface area is 151 Å². The molecule has 0 aromatic heterocycles. The first kappa shape index (κ1) is 21.3. The normalized spacial score (nSPS) is 12.4. The van der Waals surface area contributed by atoms with Crippen molar-refractivity contribution in [2.24, 2.45) is 5.92 Å². The molecule has 0 radical (unpaired) electrons. The maximum Gasteiger partial charge on any atom is 0.311 e. The summed E-state index contributed by atoms with van der Waals surface area (Å²) >= 11 is 0. The van der Waals surface area contributed by atoms with E-state index in [0.717, 1.165) is 25.2 Å². The third kappa shape index (κ3) is 8.80. The lowest BCUT2D eigenvalue weighted by atomic mass is 9.92. The molecule has 0 heterocycles. The second kappa shape index (κ2) is 11.8. The lowest BCUT2D eigenvalue weighted by Gasteiger charge is -2.14. The molecule has 0 fully saturated rings. The summed E-state index contributed by atoms with van der Waals surface area (Å²) in [6, 6.07) is 4.12. The predicted octanol–water partition coefficient (Wildman–Crippen LogP) is 5.82. The van der Waals surface area contributed by atoms with Gasteiger partial charge in [-0.25, -0.2) is 0 Å². The number of benzene rings is 1. The van der Waals surface area contributed by atoms with Crippen LogP contribution in [0, 0.1) is 5.92 Å². The standard InChI is InChI=1S/C21H34O4/c1-16(2)11-9-7-5-3-4-6-8-10-12-19(21(24)25)18-14-13-17(22)15-20(18)23/h13-16,19,22-23H,3-12H2,1-2H3,(H,24,25). The van der Waals surface area contributed by atoms with E-state index in [1.54, 1.807) is 0 Å². The van der Waals surface area contributed by atoms with Crippen LogP contribution in [0.4, 0.5) is 0 Å². The van der Waals surface area contributed by atoms with Gasteiger partial charge in [0.15, 0.2) is 0 Å². The zero-order chi connectivity index (χ0) is 18.7. The quantitative estimate of drug-likeness (QED) is 0.391. The van der Waals surface area contributed by atoms with Crippen molar-refractivity contribution in [3.63, 3.8) is 0 Å². The lowest BCUT2D eigenvalue weighted by Crippen LogP contribution is -2.11. The van der Waals surface area contributed by atoms with Gasteiger partial charge in [-0.05, 0) is 18.4 Å². The average molecular weight is 350 g/mol. The number of aliphatic carboxylic acids is 1. The molecule has 1 rings (SSSR count). The van der Waals surface area contributed by atoms with Crippen molar-refractivity contribution in [3.8, 4) is 11.5 Å². The molecule has 0 saturated heterocycles. The van der Waals surface area contributed by atoms with Crippen LogP contribution >= 0.6 is 0 Å². The Bertz CT molecular complexity index is 511. The van der Waals surface area contributed by atoms with Crippen molar-refractivity contribution in [1.82, 2.24) is 0 Å². The lowest BCUT2D eigenvalue weighted by molar-refractivity contribution is -0.139. The van der Waals surface area contributed by atoms with Crippen molar-refractivity contribution in [1.29, 1.82) is 0 Å². The van der Waals surface area contributed by atoms with E-state index >= 15 is 0 Å². The topological polar surface area (TPSA) is 77.8 Å². The van der Waals surface area contributed by atoms with Gasteiger partial charge in [-0.1, -0.05) is 77.7 Å². The van der Waals surface area contributed by atoms with Gasteiger partial charge in [-0.2, -0.15) is 0 Å². The van der Waals surface area contributed by atoms with E-state index in [1.165, 1.54) is 56.7 Å². The first-order valence-electron chi connectivity index (χ1n) is 9.66. The van der Waals surface area contributed by atoms with E-state index < -0.39 is 11.9 Å². The van der Waals surface area contributed by atoms with Crippen LogP contribution in [-0.2, 0) is 4.79 Å². The van der Waals surface area contributed by atoms with Crippen molar-refractivity contribution in [2.45, 2.75) is 84.0 Å². The molecule has 4 heteroatoms. The molecule has 0 amide bonds. The largest absolute Gasteiger partial charge is 0.508 e. The van der Waals surface area contributed by atoms with Gasteiger partial charge in [0.05, 0.1) is 5.92 Å². The van der Waals surface area contributed by atoms with E-state index in [9.17, 15) is 20.1 Å². The molecule has 3 N–H and O–H groups in total.